The zero-order valence-corrected chi connectivity index (χ0v) is 11.7. The van der Waals surface area contributed by atoms with Crippen molar-refractivity contribution in [3.8, 4) is 0 Å². The van der Waals surface area contributed by atoms with Crippen LogP contribution in [0.2, 0.25) is 0 Å². The third kappa shape index (κ3) is 6.31. The summed E-state index contributed by atoms with van der Waals surface area (Å²) in [7, 11) is 0. The molecule has 0 spiro atoms. The Balaban J connectivity index is 2.40. The van der Waals surface area contributed by atoms with E-state index in [0.29, 0.717) is 19.0 Å². The molecule has 5 nitrogen and oxygen atoms in total. The minimum Gasteiger partial charge on any atom is -0.396 e. The SMILES string of the molecule is CC(CCO)CNC(=O)CNC(=O)c1cc(F)cc(F)c1. The second kappa shape index (κ2) is 8.31. The first-order valence-corrected chi connectivity index (χ1v) is 6.54. The molecule has 0 aliphatic rings. The summed E-state index contributed by atoms with van der Waals surface area (Å²) in [5.74, 6) is -2.74. The van der Waals surface area contributed by atoms with Crippen LogP contribution in [-0.4, -0.2) is 36.6 Å². The highest BCUT2D eigenvalue weighted by atomic mass is 19.1. The molecule has 0 aliphatic heterocycles. The predicted octanol–water partition coefficient (Wildman–Crippen LogP) is 0.829. The van der Waals surface area contributed by atoms with Gasteiger partial charge in [-0.2, -0.15) is 0 Å². The first-order valence-electron chi connectivity index (χ1n) is 6.54. The molecule has 2 amide bonds. The van der Waals surface area contributed by atoms with Crippen LogP contribution in [0.4, 0.5) is 8.78 Å². The number of carbonyl (C=O) groups is 2. The summed E-state index contributed by atoms with van der Waals surface area (Å²) in [5, 5.41) is 13.6. The molecule has 0 radical (unpaired) electrons. The molecule has 0 aliphatic carbocycles. The van der Waals surface area contributed by atoms with Gasteiger partial charge in [0.05, 0.1) is 6.54 Å². The molecule has 1 aromatic carbocycles. The van der Waals surface area contributed by atoms with E-state index in [4.69, 9.17) is 5.11 Å². The van der Waals surface area contributed by atoms with Crippen LogP contribution in [-0.2, 0) is 4.79 Å². The molecule has 1 aromatic rings. The van der Waals surface area contributed by atoms with E-state index in [2.05, 4.69) is 10.6 Å². The summed E-state index contributed by atoms with van der Waals surface area (Å²) < 4.78 is 25.9. The maximum absolute atomic E-state index is 12.9. The van der Waals surface area contributed by atoms with Crippen molar-refractivity contribution in [2.45, 2.75) is 13.3 Å². The van der Waals surface area contributed by atoms with E-state index >= 15 is 0 Å². The minimum absolute atomic E-state index is 0.0406. The molecule has 0 bridgehead atoms. The summed E-state index contributed by atoms with van der Waals surface area (Å²) in [6.45, 7) is 2.00. The summed E-state index contributed by atoms with van der Waals surface area (Å²) in [5.41, 5.74) is -0.186. The monoisotopic (exact) mass is 300 g/mol. The number of carbonyl (C=O) groups excluding carboxylic acids is 2. The molecular formula is C14H18F2N2O3. The number of nitrogens with one attached hydrogen (secondary N) is 2. The van der Waals surface area contributed by atoms with Crippen LogP contribution in [0.25, 0.3) is 0 Å². The fourth-order valence-electron chi connectivity index (χ4n) is 1.62. The highest BCUT2D eigenvalue weighted by Gasteiger charge is 2.11. The lowest BCUT2D eigenvalue weighted by Crippen LogP contribution is -2.38. The number of benzene rings is 1. The number of amides is 2. The van der Waals surface area contributed by atoms with E-state index in [1.807, 2.05) is 6.92 Å². The first kappa shape index (κ1) is 17.0. The lowest BCUT2D eigenvalue weighted by Gasteiger charge is -2.11. The van der Waals surface area contributed by atoms with Crippen LogP contribution in [0.15, 0.2) is 18.2 Å². The van der Waals surface area contributed by atoms with E-state index in [-0.39, 0.29) is 24.6 Å². The normalized spacial score (nSPS) is 11.8. The van der Waals surface area contributed by atoms with Crippen LogP contribution in [0.1, 0.15) is 23.7 Å². The largest absolute Gasteiger partial charge is 0.396 e. The maximum Gasteiger partial charge on any atom is 0.251 e. The topological polar surface area (TPSA) is 78.4 Å². The van der Waals surface area contributed by atoms with Gasteiger partial charge in [-0.05, 0) is 24.5 Å². The highest BCUT2D eigenvalue weighted by molar-refractivity contribution is 5.96. The van der Waals surface area contributed by atoms with E-state index in [9.17, 15) is 18.4 Å². The predicted molar refractivity (Wildman–Crippen MR) is 72.6 cm³/mol. The molecule has 3 N–H and O–H groups in total. The van der Waals surface area contributed by atoms with Crippen LogP contribution in [0.3, 0.4) is 0 Å². The Morgan fingerprint density at radius 1 is 1.19 bits per heavy atom. The zero-order chi connectivity index (χ0) is 15.8. The number of aliphatic hydroxyl groups excluding tert-OH is 1. The van der Waals surface area contributed by atoms with Crippen molar-refractivity contribution in [3.63, 3.8) is 0 Å². The van der Waals surface area contributed by atoms with E-state index in [1.165, 1.54) is 0 Å². The fraction of sp³-hybridized carbons (Fsp3) is 0.429. The average molecular weight is 300 g/mol. The first-order chi connectivity index (χ1) is 9.92. The Labute approximate surface area is 121 Å². The standard InChI is InChI=1S/C14H18F2N2O3/c1-9(2-3-19)7-17-13(20)8-18-14(21)10-4-11(15)6-12(16)5-10/h4-6,9,19H,2-3,7-8H2,1H3,(H,17,20)(H,18,21). The van der Waals surface area contributed by atoms with Crippen molar-refractivity contribution in [1.29, 1.82) is 0 Å². The Kier molecular flexibility index (Phi) is 6.74. The van der Waals surface area contributed by atoms with Crippen molar-refractivity contribution >= 4 is 11.8 Å². The third-order valence-electron chi connectivity index (χ3n) is 2.80. The molecule has 0 heterocycles. The van der Waals surface area contributed by atoms with Crippen LogP contribution < -0.4 is 10.6 Å². The van der Waals surface area contributed by atoms with Gasteiger partial charge in [0.25, 0.3) is 5.91 Å². The van der Waals surface area contributed by atoms with Gasteiger partial charge in [-0.15, -0.1) is 0 Å². The molecule has 1 rings (SSSR count). The van der Waals surface area contributed by atoms with Crippen molar-refractivity contribution in [2.75, 3.05) is 19.7 Å². The van der Waals surface area contributed by atoms with Crippen LogP contribution >= 0.6 is 0 Å². The molecular weight excluding hydrogens is 282 g/mol. The van der Waals surface area contributed by atoms with E-state index in [0.717, 1.165) is 12.1 Å². The quantitative estimate of drug-likeness (QED) is 0.698. The summed E-state index contributed by atoms with van der Waals surface area (Å²) >= 11 is 0. The van der Waals surface area contributed by atoms with Crippen LogP contribution in [0.5, 0.6) is 0 Å². The lowest BCUT2D eigenvalue weighted by atomic mass is 10.1. The van der Waals surface area contributed by atoms with Gasteiger partial charge in [0, 0.05) is 24.8 Å². The average Bonchev–Trinajstić information content (AvgIpc) is 2.41. The lowest BCUT2D eigenvalue weighted by molar-refractivity contribution is -0.120. The number of halogens is 2. The van der Waals surface area contributed by atoms with Gasteiger partial charge in [0.15, 0.2) is 0 Å². The Morgan fingerprint density at radius 2 is 1.81 bits per heavy atom. The maximum atomic E-state index is 12.9. The van der Waals surface area contributed by atoms with Crippen molar-refractivity contribution < 1.29 is 23.5 Å². The number of aliphatic hydroxyl groups is 1. The Hall–Kier alpha value is -2.02. The van der Waals surface area contributed by atoms with Gasteiger partial charge in [-0.25, -0.2) is 8.78 Å². The second-order valence-electron chi connectivity index (χ2n) is 4.76. The molecule has 0 fully saturated rings. The van der Waals surface area contributed by atoms with Gasteiger partial charge in [-0.3, -0.25) is 9.59 Å². The van der Waals surface area contributed by atoms with E-state index < -0.39 is 23.4 Å². The number of rotatable bonds is 7. The fourth-order valence-corrected chi connectivity index (χ4v) is 1.62. The molecule has 116 valence electrons. The molecule has 0 aromatic heterocycles. The van der Waals surface area contributed by atoms with Crippen LogP contribution in [0, 0.1) is 17.6 Å². The minimum atomic E-state index is -0.859. The molecule has 1 unspecified atom stereocenters. The summed E-state index contributed by atoms with van der Waals surface area (Å²) in [6.07, 6.45) is 0.565. The second-order valence-corrected chi connectivity index (χ2v) is 4.76. The van der Waals surface area contributed by atoms with Gasteiger partial charge in [-0.1, -0.05) is 6.92 Å². The third-order valence-corrected chi connectivity index (χ3v) is 2.80. The van der Waals surface area contributed by atoms with Crippen molar-refractivity contribution in [3.05, 3.63) is 35.4 Å². The molecule has 0 saturated heterocycles. The molecule has 21 heavy (non-hydrogen) atoms. The van der Waals surface area contributed by atoms with Gasteiger partial charge in [0.2, 0.25) is 5.91 Å². The molecule has 1 atom stereocenters. The van der Waals surface area contributed by atoms with E-state index in [1.54, 1.807) is 0 Å². The summed E-state index contributed by atoms with van der Waals surface area (Å²) in [6, 6.07) is 2.44. The highest BCUT2D eigenvalue weighted by Crippen LogP contribution is 2.07. The number of hydrogen-bond acceptors (Lipinski definition) is 3. The number of hydrogen-bond donors (Lipinski definition) is 3. The van der Waals surface area contributed by atoms with Gasteiger partial charge in [0.1, 0.15) is 11.6 Å². The van der Waals surface area contributed by atoms with Crippen molar-refractivity contribution in [1.82, 2.24) is 10.6 Å². The Bertz CT molecular complexity index is 489. The van der Waals surface area contributed by atoms with Gasteiger partial charge >= 0.3 is 0 Å². The molecule has 7 heteroatoms. The summed E-state index contributed by atoms with van der Waals surface area (Å²) in [4.78, 5) is 23.1. The zero-order valence-electron chi connectivity index (χ0n) is 11.7. The van der Waals surface area contributed by atoms with Gasteiger partial charge < -0.3 is 15.7 Å². The Morgan fingerprint density at radius 3 is 2.38 bits per heavy atom. The smallest absolute Gasteiger partial charge is 0.251 e. The molecule has 0 saturated carbocycles. The van der Waals surface area contributed by atoms with Crippen molar-refractivity contribution in [2.24, 2.45) is 5.92 Å².